The quantitative estimate of drug-likeness (QED) is 0.522. The molecule has 0 bridgehead atoms. The van der Waals surface area contributed by atoms with E-state index in [1.807, 2.05) is 6.08 Å². The number of nitrogens with one attached hydrogen (secondary N) is 1. The smallest absolute Gasteiger partial charge is 0.180 e. The minimum atomic E-state index is 0.0709. The van der Waals surface area contributed by atoms with Crippen molar-refractivity contribution < 1.29 is 4.79 Å². The molecule has 0 fully saturated rings. The van der Waals surface area contributed by atoms with Gasteiger partial charge in [0.15, 0.2) is 5.78 Å². The summed E-state index contributed by atoms with van der Waals surface area (Å²) in [7, 11) is 0. The maximum Gasteiger partial charge on any atom is 0.180 e. The van der Waals surface area contributed by atoms with E-state index in [4.69, 9.17) is 0 Å². The predicted octanol–water partition coefficient (Wildman–Crippen LogP) is 0.539. The fourth-order valence-corrected chi connectivity index (χ4v) is 1.14. The zero-order valence-corrected chi connectivity index (χ0v) is 5.42. The molecule has 0 aromatic carbocycles. The fraction of sp³-hybridized carbons (Fsp3) is 0.125. The Kier molecular flexibility index (Phi) is 1.01. The van der Waals surface area contributed by atoms with Gasteiger partial charge in [0.05, 0.1) is 0 Å². The van der Waals surface area contributed by atoms with Crippen LogP contribution in [0.2, 0.25) is 0 Å². The molecule has 0 amide bonds. The molecule has 0 atom stereocenters. The SMILES string of the molecule is O=C1C=CC2=CCNC2=C1. The Balaban J connectivity index is 2.43. The standard InChI is InChI=1S/C8H7NO/c10-7-2-1-6-3-4-9-8(6)5-7/h1-3,5,9H,4H2. The van der Waals surface area contributed by atoms with Crippen molar-refractivity contribution in [1.29, 1.82) is 0 Å². The Morgan fingerprint density at radius 1 is 1.40 bits per heavy atom. The van der Waals surface area contributed by atoms with Gasteiger partial charge in [-0.1, -0.05) is 6.08 Å². The van der Waals surface area contributed by atoms with Gasteiger partial charge in [-0.3, -0.25) is 4.79 Å². The lowest BCUT2D eigenvalue weighted by Crippen LogP contribution is -2.09. The molecule has 1 aliphatic carbocycles. The summed E-state index contributed by atoms with van der Waals surface area (Å²) in [5.74, 6) is 0.0709. The maximum absolute atomic E-state index is 10.8. The van der Waals surface area contributed by atoms with Crippen LogP contribution >= 0.6 is 0 Å². The Bertz CT molecular complexity index is 271. The van der Waals surface area contributed by atoms with E-state index in [1.165, 1.54) is 0 Å². The van der Waals surface area contributed by atoms with Gasteiger partial charge in [0, 0.05) is 18.3 Å². The number of carbonyl (C=O) groups excluding carboxylic acids is 1. The van der Waals surface area contributed by atoms with Gasteiger partial charge in [0.2, 0.25) is 0 Å². The second kappa shape index (κ2) is 1.84. The van der Waals surface area contributed by atoms with Crippen LogP contribution in [0.3, 0.4) is 0 Å². The summed E-state index contributed by atoms with van der Waals surface area (Å²) in [6.07, 6.45) is 7.12. The summed E-state index contributed by atoms with van der Waals surface area (Å²) >= 11 is 0. The molecule has 1 heterocycles. The van der Waals surface area contributed by atoms with E-state index in [-0.39, 0.29) is 5.78 Å². The molecule has 2 rings (SSSR count). The molecule has 0 unspecified atom stereocenters. The lowest BCUT2D eigenvalue weighted by molar-refractivity contribution is -0.110. The molecule has 50 valence electrons. The van der Waals surface area contributed by atoms with E-state index in [0.717, 1.165) is 17.8 Å². The van der Waals surface area contributed by atoms with E-state index in [0.29, 0.717) is 0 Å². The van der Waals surface area contributed by atoms with Crippen molar-refractivity contribution in [3.8, 4) is 0 Å². The topological polar surface area (TPSA) is 29.1 Å². The van der Waals surface area contributed by atoms with E-state index in [1.54, 1.807) is 12.2 Å². The normalized spacial score (nSPS) is 21.4. The molecule has 2 heteroatoms. The largest absolute Gasteiger partial charge is 0.381 e. The molecule has 0 saturated heterocycles. The molecule has 2 nitrogen and oxygen atoms in total. The van der Waals surface area contributed by atoms with Crippen molar-refractivity contribution in [3.05, 3.63) is 35.6 Å². The van der Waals surface area contributed by atoms with Crippen LogP contribution in [0.5, 0.6) is 0 Å². The molecule has 0 saturated carbocycles. The molecule has 0 spiro atoms. The van der Waals surface area contributed by atoms with Gasteiger partial charge < -0.3 is 5.32 Å². The third kappa shape index (κ3) is 0.692. The summed E-state index contributed by atoms with van der Waals surface area (Å²) in [5.41, 5.74) is 2.10. The monoisotopic (exact) mass is 133 g/mol. The summed E-state index contributed by atoms with van der Waals surface area (Å²) in [4.78, 5) is 10.8. The first-order valence-corrected chi connectivity index (χ1v) is 3.24. The van der Waals surface area contributed by atoms with Gasteiger partial charge in [0.25, 0.3) is 0 Å². The van der Waals surface area contributed by atoms with E-state index >= 15 is 0 Å². The third-order valence-electron chi connectivity index (χ3n) is 1.64. The lowest BCUT2D eigenvalue weighted by atomic mass is 10.1. The average molecular weight is 133 g/mol. The average Bonchev–Trinajstić information content (AvgIpc) is 2.33. The molecular weight excluding hydrogens is 126 g/mol. The van der Waals surface area contributed by atoms with E-state index < -0.39 is 0 Å². The number of rotatable bonds is 0. The fourth-order valence-electron chi connectivity index (χ4n) is 1.14. The van der Waals surface area contributed by atoms with Crippen LogP contribution in [0.25, 0.3) is 0 Å². The van der Waals surface area contributed by atoms with Crippen molar-refractivity contribution in [1.82, 2.24) is 5.32 Å². The number of carbonyl (C=O) groups is 1. The van der Waals surface area contributed by atoms with Crippen molar-refractivity contribution in [2.75, 3.05) is 6.54 Å². The summed E-state index contributed by atoms with van der Waals surface area (Å²) in [6.45, 7) is 0.846. The first-order valence-electron chi connectivity index (χ1n) is 3.24. The summed E-state index contributed by atoms with van der Waals surface area (Å²) in [6, 6.07) is 0. The lowest BCUT2D eigenvalue weighted by Gasteiger charge is -2.03. The van der Waals surface area contributed by atoms with Crippen LogP contribution in [-0.2, 0) is 4.79 Å². The van der Waals surface area contributed by atoms with Gasteiger partial charge in [-0.15, -0.1) is 0 Å². The summed E-state index contributed by atoms with van der Waals surface area (Å²) < 4.78 is 0. The minimum absolute atomic E-state index is 0.0709. The third-order valence-corrected chi connectivity index (χ3v) is 1.64. The number of hydrogen-bond acceptors (Lipinski definition) is 2. The number of allylic oxidation sites excluding steroid dienone is 3. The molecule has 2 aliphatic rings. The molecule has 10 heavy (non-hydrogen) atoms. The highest BCUT2D eigenvalue weighted by atomic mass is 16.1. The number of fused-ring (bicyclic) bond motifs is 1. The Hall–Kier alpha value is -1.31. The van der Waals surface area contributed by atoms with Crippen molar-refractivity contribution >= 4 is 5.78 Å². The van der Waals surface area contributed by atoms with Crippen LogP contribution in [-0.4, -0.2) is 12.3 Å². The van der Waals surface area contributed by atoms with E-state index in [2.05, 4.69) is 11.4 Å². The molecule has 0 aromatic heterocycles. The van der Waals surface area contributed by atoms with Gasteiger partial charge in [-0.2, -0.15) is 0 Å². The van der Waals surface area contributed by atoms with Crippen LogP contribution < -0.4 is 5.32 Å². The van der Waals surface area contributed by atoms with Crippen molar-refractivity contribution in [2.24, 2.45) is 0 Å². The van der Waals surface area contributed by atoms with Gasteiger partial charge >= 0.3 is 0 Å². The predicted molar refractivity (Wildman–Crippen MR) is 38.3 cm³/mol. The van der Waals surface area contributed by atoms with E-state index in [9.17, 15) is 4.79 Å². The zero-order valence-electron chi connectivity index (χ0n) is 5.42. The van der Waals surface area contributed by atoms with Gasteiger partial charge in [-0.05, 0) is 17.7 Å². The Morgan fingerprint density at radius 2 is 2.30 bits per heavy atom. The van der Waals surface area contributed by atoms with Crippen LogP contribution in [0.1, 0.15) is 0 Å². The highest BCUT2D eigenvalue weighted by Crippen LogP contribution is 2.17. The van der Waals surface area contributed by atoms with Crippen LogP contribution in [0.15, 0.2) is 35.6 Å². The first kappa shape index (κ1) is 5.47. The number of hydrogen-bond donors (Lipinski definition) is 1. The van der Waals surface area contributed by atoms with Crippen LogP contribution in [0.4, 0.5) is 0 Å². The van der Waals surface area contributed by atoms with Crippen LogP contribution in [0, 0.1) is 0 Å². The molecule has 1 aliphatic heterocycles. The Labute approximate surface area is 58.9 Å². The van der Waals surface area contributed by atoms with Gasteiger partial charge in [-0.25, -0.2) is 0 Å². The second-order valence-corrected chi connectivity index (χ2v) is 2.33. The Morgan fingerprint density at radius 3 is 3.20 bits per heavy atom. The second-order valence-electron chi connectivity index (χ2n) is 2.33. The summed E-state index contributed by atoms with van der Waals surface area (Å²) in [5, 5.41) is 3.09. The maximum atomic E-state index is 10.8. The number of ketones is 1. The van der Waals surface area contributed by atoms with Crippen molar-refractivity contribution in [3.63, 3.8) is 0 Å². The minimum Gasteiger partial charge on any atom is -0.381 e. The van der Waals surface area contributed by atoms with Crippen molar-refractivity contribution in [2.45, 2.75) is 0 Å². The highest BCUT2D eigenvalue weighted by molar-refractivity contribution is 6.02. The molecule has 0 aromatic rings. The molecule has 1 N–H and O–H groups in total. The zero-order chi connectivity index (χ0) is 6.97. The van der Waals surface area contributed by atoms with Gasteiger partial charge in [0.1, 0.15) is 0 Å². The molecular formula is C8H7NO. The first-order chi connectivity index (χ1) is 4.86. The molecule has 0 radical (unpaired) electrons. The highest BCUT2D eigenvalue weighted by Gasteiger charge is 2.12.